The maximum atomic E-state index is 13.1. The van der Waals surface area contributed by atoms with E-state index in [-0.39, 0.29) is 19.1 Å². The maximum absolute atomic E-state index is 13.1. The van der Waals surface area contributed by atoms with Crippen LogP contribution >= 0.6 is 0 Å². The highest BCUT2D eigenvalue weighted by molar-refractivity contribution is 5.91. The van der Waals surface area contributed by atoms with Gasteiger partial charge in [-0.25, -0.2) is 4.79 Å². The van der Waals surface area contributed by atoms with E-state index in [4.69, 9.17) is 4.74 Å². The number of nitrogens with zero attached hydrogens (tertiary/aromatic N) is 2. The van der Waals surface area contributed by atoms with Gasteiger partial charge < -0.3 is 19.5 Å². The number of urea groups is 1. The Hall–Kier alpha value is -3.26. The molecule has 8 heteroatoms. The van der Waals surface area contributed by atoms with Gasteiger partial charge in [0.15, 0.2) is 0 Å². The number of hydrogen-bond acceptors (Lipinski definition) is 2. The number of anilines is 1. The van der Waals surface area contributed by atoms with Gasteiger partial charge in [0.25, 0.3) is 0 Å². The Kier molecular flexibility index (Phi) is 7.81. The van der Waals surface area contributed by atoms with Gasteiger partial charge in [-0.2, -0.15) is 13.2 Å². The van der Waals surface area contributed by atoms with Gasteiger partial charge in [-0.15, -0.1) is 0 Å². The molecule has 0 spiro atoms. The lowest BCUT2D eigenvalue weighted by Gasteiger charge is -2.25. The smallest absolute Gasteiger partial charge is 0.383 e. The van der Waals surface area contributed by atoms with Gasteiger partial charge in [0.1, 0.15) is 0 Å². The third-order valence-electron chi connectivity index (χ3n) is 5.45. The Balaban J connectivity index is 1.78. The molecule has 3 rings (SSSR count). The first kappa shape index (κ1) is 24.4. The predicted octanol–water partition coefficient (Wildman–Crippen LogP) is 5.85. The second kappa shape index (κ2) is 10.6. The van der Waals surface area contributed by atoms with E-state index in [1.54, 1.807) is 24.3 Å². The van der Waals surface area contributed by atoms with E-state index in [2.05, 4.69) is 5.32 Å². The number of aromatic nitrogens is 1. The number of aryl methyl sites for hydroxylation is 2. The fraction of sp³-hybridized carbons (Fsp3) is 0.320. The zero-order valence-electron chi connectivity index (χ0n) is 18.9. The second-order valence-electron chi connectivity index (χ2n) is 7.94. The molecule has 176 valence electrons. The van der Waals surface area contributed by atoms with Crippen molar-refractivity contribution < 1.29 is 22.7 Å². The minimum Gasteiger partial charge on any atom is -0.383 e. The number of carbonyl (C=O) groups is 1. The van der Waals surface area contributed by atoms with Crippen molar-refractivity contribution in [3.8, 4) is 0 Å². The average Bonchev–Trinajstić information content (AvgIpc) is 3.19. The van der Waals surface area contributed by atoms with Crippen LogP contribution in [0, 0.1) is 13.8 Å². The topological polar surface area (TPSA) is 46.5 Å². The fourth-order valence-electron chi connectivity index (χ4n) is 3.64. The lowest BCUT2D eigenvalue weighted by Crippen LogP contribution is -2.37. The van der Waals surface area contributed by atoms with Crippen molar-refractivity contribution in [2.24, 2.45) is 0 Å². The average molecular weight is 460 g/mol. The molecule has 1 N–H and O–H groups in total. The number of hydrogen-bond donors (Lipinski definition) is 1. The van der Waals surface area contributed by atoms with Crippen molar-refractivity contribution >= 4 is 11.7 Å². The van der Waals surface area contributed by atoms with Gasteiger partial charge in [0.2, 0.25) is 0 Å². The monoisotopic (exact) mass is 459 g/mol. The van der Waals surface area contributed by atoms with Crippen molar-refractivity contribution in [2.75, 3.05) is 25.6 Å². The molecule has 0 saturated heterocycles. The summed E-state index contributed by atoms with van der Waals surface area (Å²) in [5.41, 5.74) is 3.35. The van der Waals surface area contributed by atoms with Gasteiger partial charge in [0.05, 0.1) is 18.7 Å². The molecular weight excluding hydrogens is 431 g/mol. The van der Waals surface area contributed by atoms with Crippen LogP contribution in [0.4, 0.5) is 23.7 Å². The van der Waals surface area contributed by atoms with Crippen molar-refractivity contribution in [1.29, 1.82) is 0 Å². The van der Waals surface area contributed by atoms with Crippen LogP contribution in [0.3, 0.4) is 0 Å². The van der Waals surface area contributed by atoms with Gasteiger partial charge in [-0.3, -0.25) is 0 Å². The Morgan fingerprint density at radius 1 is 1.06 bits per heavy atom. The van der Waals surface area contributed by atoms with E-state index in [1.165, 1.54) is 6.07 Å². The molecule has 0 bridgehead atoms. The molecule has 0 fully saturated rings. The molecule has 5 nitrogen and oxygen atoms in total. The summed E-state index contributed by atoms with van der Waals surface area (Å²) in [4.78, 5) is 14.7. The van der Waals surface area contributed by atoms with E-state index in [0.717, 1.165) is 34.6 Å². The molecule has 2 aromatic carbocycles. The fourth-order valence-corrected chi connectivity index (χ4v) is 3.64. The highest BCUT2D eigenvalue weighted by Gasteiger charge is 2.30. The summed E-state index contributed by atoms with van der Waals surface area (Å²) in [6.07, 6.45) is -2.59. The van der Waals surface area contributed by atoms with Crippen LogP contribution < -0.4 is 5.32 Å². The summed E-state index contributed by atoms with van der Waals surface area (Å²) in [5, 5.41) is 2.99. The molecule has 0 aliphatic rings. The number of halogens is 3. The van der Waals surface area contributed by atoms with Crippen LogP contribution in [0.15, 0.2) is 60.8 Å². The van der Waals surface area contributed by atoms with Crippen molar-refractivity contribution in [1.82, 2.24) is 9.47 Å². The number of alkyl halides is 3. The Bertz CT molecular complexity index is 1070. The highest BCUT2D eigenvalue weighted by Crippen LogP contribution is 2.30. The number of nitrogens with one attached hydrogen (secondary N) is 1. The molecule has 0 aliphatic heterocycles. The second-order valence-corrected chi connectivity index (χ2v) is 7.94. The van der Waals surface area contributed by atoms with E-state index in [0.29, 0.717) is 18.7 Å². The number of amides is 2. The molecule has 33 heavy (non-hydrogen) atoms. The van der Waals surface area contributed by atoms with Gasteiger partial charge in [-0.05, 0) is 54.8 Å². The van der Waals surface area contributed by atoms with Gasteiger partial charge >= 0.3 is 12.2 Å². The number of benzene rings is 2. The van der Waals surface area contributed by atoms with E-state index < -0.39 is 11.7 Å². The number of rotatable bonds is 8. The summed E-state index contributed by atoms with van der Waals surface area (Å²) >= 11 is 0. The summed E-state index contributed by atoms with van der Waals surface area (Å²) in [7, 11) is 1.57. The van der Waals surface area contributed by atoms with Crippen molar-refractivity contribution in [3.63, 3.8) is 0 Å². The molecule has 1 heterocycles. The maximum Gasteiger partial charge on any atom is 0.416 e. The Morgan fingerprint density at radius 3 is 2.42 bits per heavy atom. The van der Waals surface area contributed by atoms with Crippen LogP contribution in [-0.2, 0) is 24.0 Å². The Labute approximate surface area is 191 Å². The normalized spacial score (nSPS) is 11.5. The van der Waals surface area contributed by atoms with Crippen LogP contribution in [-0.4, -0.2) is 35.8 Å². The summed E-state index contributed by atoms with van der Waals surface area (Å²) in [6, 6.07) is 14.5. The summed E-state index contributed by atoms with van der Waals surface area (Å²) in [6.45, 7) is 5.14. The van der Waals surface area contributed by atoms with Gasteiger partial charge in [0, 0.05) is 37.8 Å². The highest BCUT2D eigenvalue weighted by atomic mass is 19.4. The van der Waals surface area contributed by atoms with Crippen molar-refractivity contribution in [2.45, 2.75) is 33.1 Å². The number of ether oxygens (including phenoxy) is 1. The SMILES string of the molecule is COCCN(Cc1cccn1Cc1cccc(C(F)(F)F)c1)C(=O)Nc1c(C)cccc1C. The van der Waals surface area contributed by atoms with Crippen LogP contribution in [0.2, 0.25) is 0 Å². The molecular formula is C25H28F3N3O2. The minimum absolute atomic E-state index is 0.267. The summed E-state index contributed by atoms with van der Waals surface area (Å²) in [5.74, 6) is 0. The van der Waals surface area contributed by atoms with E-state index in [1.807, 2.05) is 48.7 Å². The third kappa shape index (κ3) is 6.38. The molecule has 1 aromatic heterocycles. The first-order chi connectivity index (χ1) is 15.7. The third-order valence-corrected chi connectivity index (χ3v) is 5.45. The van der Waals surface area contributed by atoms with E-state index in [9.17, 15) is 18.0 Å². The van der Waals surface area contributed by atoms with Crippen LogP contribution in [0.5, 0.6) is 0 Å². The molecule has 3 aromatic rings. The van der Waals surface area contributed by atoms with Crippen LogP contribution in [0.25, 0.3) is 0 Å². The number of para-hydroxylation sites is 1. The van der Waals surface area contributed by atoms with Crippen molar-refractivity contribution in [3.05, 3.63) is 88.7 Å². The molecule has 0 radical (unpaired) electrons. The molecule has 0 saturated carbocycles. The molecule has 0 unspecified atom stereocenters. The zero-order chi connectivity index (χ0) is 24.0. The van der Waals surface area contributed by atoms with Crippen LogP contribution in [0.1, 0.15) is 27.9 Å². The quantitative estimate of drug-likeness (QED) is 0.459. The predicted molar refractivity (Wildman–Crippen MR) is 122 cm³/mol. The first-order valence-corrected chi connectivity index (χ1v) is 10.6. The number of carbonyl (C=O) groups excluding carboxylic acids is 1. The Morgan fingerprint density at radius 2 is 1.76 bits per heavy atom. The molecule has 0 atom stereocenters. The van der Waals surface area contributed by atoms with E-state index >= 15 is 0 Å². The first-order valence-electron chi connectivity index (χ1n) is 10.6. The minimum atomic E-state index is -4.39. The lowest BCUT2D eigenvalue weighted by molar-refractivity contribution is -0.137. The van der Waals surface area contributed by atoms with Gasteiger partial charge in [-0.1, -0.05) is 30.3 Å². The zero-order valence-corrected chi connectivity index (χ0v) is 18.9. The number of methoxy groups -OCH3 is 1. The molecule has 0 aliphatic carbocycles. The standard InChI is InChI=1S/C25H28F3N3O2/c1-18-7-4-8-19(2)23(18)29-24(32)31(13-14-33-3)17-22-11-6-12-30(22)16-20-9-5-10-21(15-20)25(26,27)28/h4-12,15H,13-14,16-17H2,1-3H3,(H,29,32). The molecule has 2 amide bonds. The summed E-state index contributed by atoms with van der Waals surface area (Å²) < 4.78 is 46.2. The largest absolute Gasteiger partial charge is 0.416 e. The lowest BCUT2D eigenvalue weighted by atomic mass is 10.1.